The zero-order valence-electron chi connectivity index (χ0n) is 15.6. The molecule has 0 spiro atoms. The van der Waals surface area contributed by atoms with Gasteiger partial charge in [0.25, 0.3) is 0 Å². The molecule has 1 aromatic heterocycles. The van der Waals surface area contributed by atoms with E-state index in [9.17, 15) is 4.79 Å². The normalized spacial score (nSPS) is 13.5. The van der Waals surface area contributed by atoms with E-state index in [-0.39, 0.29) is 11.4 Å². The Morgan fingerprint density at radius 1 is 1.23 bits per heavy atom. The van der Waals surface area contributed by atoms with Gasteiger partial charge in [0.05, 0.1) is 13.1 Å². The lowest BCUT2D eigenvalue weighted by molar-refractivity contribution is -0.118. The van der Waals surface area contributed by atoms with Crippen LogP contribution in [0.25, 0.3) is 0 Å². The number of fused-ring (bicyclic) bond motifs is 1. The molecule has 2 heterocycles. The van der Waals surface area contributed by atoms with Gasteiger partial charge in [0.1, 0.15) is 13.2 Å². The van der Waals surface area contributed by atoms with Gasteiger partial charge in [-0.3, -0.25) is 4.79 Å². The summed E-state index contributed by atoms with van der Waals surface area (Å²) in [7, 11) is 0. The first kappa shape index (κ1) is 18.7. The lowest BCUT2D eigenvalue weighted by Gasteiger charge is -2.28. The van der Waals surface area contributed by atoms with Crippen molar-refractivity contribution < 1.29 is 14.3 Å². The predicted octanol–water partition coefficient (Wildman–Crippen LogP) is 3.83. The Labute approximate surface area is 158 Å². The van der Waals surface area contributed by atoms with Crippen LogP contribution in [0.4, 0.5) is 5.69 Å². The second kappa shape index (κ2) is 8.10. The van der Waals surface area contributed by atoms with Gasteiger partial charge in [0.2, 0.25) is 5.91 Å². The van der Waals surface area contributed by atoms with Gasteiger partial charge in [-0.05, 0) is 43.8 Å². The largest absolute Gasteiger partial charge is 0.486 e. The third-order valence-corrected chi connectivity index (χ3v) is 5.50. The van der Waals surface area contributed by atoms with E-state index < -0.39 is 0 Å². The van der Waals surface area contributed by atoms with Crippen LogP contribution in [-0.4, -0.2) is 31.2 Å². The molecule has 0 saturated heterocycles. The second-order valence-corrected chi connectivity index (χ2v) is 8.01. The fourth-order valence-corrected chi connectivity index (χ4v) is 3.31. The third-order valence-electron chi connectivity index (χ3n) is 4.63. The summed E-state index contributed by atoms with van der Waals surface area (Å²) in [5.41, 5.74) is 0.751. The third kappa shape index (κ3) is 4.56. The highest BCUT2D eigenvalue weighted by molar-refractivity contribution is 7.09. The van der Waals surface area contributed by atoms with E-state index in [1.165, 1.54) is 0 Å². The fraction of sp³-hybridized carbons (Fsp3) is 0.450. The Hall–Kier alpha value is -2.05. The fourth-order valence-electron chi connectivity index (χ4n) is 2.62. The van der Waals surface area contributed by atoms with Crippen LogP contribution in [0.1, 0.15) is 32.1 Å². The molecule has 0 atom stereocenters. The maximum absolute atomic E-state index is 13.0. The molecule has 1 aromatic carbocycles. The highest BCUT2D eigenvalue weighted by Gasteiger charge is 2.22. The Morgan fingerprint density at radius 3 is 2.69 bits per heavy atom. The van der Waals surface area contributed by atoms with Crippen LogP contribution in [-0.2, 0) is 11.3 Å². The van der Waals surface area contributed by atoms with Crippen molar-refractivity contribution in [3.8, 4) is 11.5 Å². The number of rotatable bonds is 7. The standard InChI is InChI=1S/C20H26N2O3S/c1-4-20(2,3)21-13-19(23)22(14-16-6-5-11-26-16)15-7-8-17-18(12-15)25-10-9-24-17/h5-8,11-12,21H,4,9-10,13-14H2,1-3H3. The molecule has 1 amide bonds. The van der Waals surface area contributed by atoms with Crippen molar-refractivity contribution in [2.75, 3.05) is 24.7 Å². The van der Waals surface area contributed by atoms with E-state index >= 15 is 0 Å². The SMILES string of the molecule is CCC(C)(C)NCC(=O)N(Cc1cccs1)c1ccc2c(c1)OCCO2. The van der Waals surface area contributed by atoms with Crippen molar-refractivity contribution in [2.45, 2.75) is 39.3 Å². The first-order valence-electron chi connectivity index (χ1n) is 8.96. The van der Waals surface area contributed by atoms with Gasteiger partial charge in [-0.1, -0.05) is 13.0 Å². The van der Waals surface area contributed by atoms with E-state index in [4.69, 9.17) is 9.47 Å². The Morgan fingerprint density at radius 2 is 2.00 bits per heavy atom. The number of benzene rings is 1. The van der Waals surface area contributed by atoms with Crippen LogP contribution in [0.3, 0.4) is 0 Å². The maximum Gasteiger partial charge on any atom is 0.241 e. The summed E-state index contributed by atoms with van der Waals surface area (Å²) in [5.74, 6) is 1.46. The summed E-state index contributed by atoms with van der Waals surface area (Å²) in [6.45, 7) is 8.25. The number of anilines is 1. The van der Waals surface area contributed by atoms with Crippen LogP contribution in [0.15, 0.2) is 35.7 Å². The first-order chi connectivity index (χ1) is 12.5. The van der Waals surface area contributed by atoms with Gasteiger partial charge >= 0.3 is 0 Å². The molecular weight excluding hydrogens is 348 g/mol. The summed E-state index contributed by atoms with van der Waals surface area (Å²) < 4.78 is 11.3. The minimum absolute atomic E-state index is 0.0385. The number of ether oxygens (including phenoxy) is 2. The number of carbonyl (C=O) groups excluding carboxylic acids is 1. The average molecular weight is 375 g/mol. The number of hydrogen-bond acceptors (Lipinski definition) is 5. The van der Waals surface area contributed by atoms with E-state index in [2.05, 4.69) is 26.1 Å². The molecule has 26 heavy (non-hydrogen) atoms. The van der Waals surface area contributed by atoms with Crippen molar-refractivity contribution in [3.05, 3.63) is 40.6 Å². The molecule has 3 rings (SSSR count). The number of nitrogens with zero attached hydrogens (tertiary/aromatic N) is 1. The van der Waals surface area contributed by atoms with Crippen LogP contribution >= 0.6 is 11.3 Å². The van der Waals surface area contributed by atoms with Crippen molar-refractivity contribution in [1.82, 2.24) is 5.32 Å². The van der Waals surface area contributed by atoms with Gasteiger partial charge in [-0.15, -0.1) is 11.3 Å². The second-order valence-electron chi connectivity index (χ2n) is 6.98. The molecule has 1 aliphatic rings. The first-order valence-corrected chi connectivity index (χ1v) is 9.84. The predicted molar refractivity (Wildman–Crippen MR) is 105 cm³/mol. The van der Waals surface area contributed by atoms with E-state index in [1.807, 2.05) is 40.6 Å². The van der Waals surface area contributed by atoms with E-state index in [0.29, 0.717) is 32.1 Å². The van der Waals surface area contributed by atoms with Gasteiger partial charge in [-0.25, -0.2) is 0 Å². The highest BCUT2D eigenvalue weighted by Crippen LogP contribution is 2.34. The molecule has 0 aliphatic carbocycles. The van der Waals surface area contributed by atoms with Crippen molar-refractivity contribution >= 4 is 22.9 Å². The van der Waals surface area contributed by atoms with Crippen molar-refractivity contribution in [1.29, 1.82) is 0 Å². The van der Waals surface area contributed by atoms with Crippen LogP contribution < -0.4 is 19.7 Å². The molecule has 1 N–H and O–H groups in total. The van der Waals surface area contributed by atoms with E-state index in [1.54, 1.807) is 11.3 Å². The number of hydrogen-bond donors (Lipinski definition) is 1. The lowest BCUT2D eigenvalue weighted by Crippen LogP contribution is -2.46. The smallest absolute Gasteiger partial charge is 0.241 e. The quantitative estimate of drug-likeness (QED) is 0.800. The zero-order valence-corrected chi connectivity index (χ0v) is 16.4. The summed E-state index contributed by atoms with van der Waals surface area (Å²) in [6.07, 6.45) is 0.954. The topological polar surface area (TPSA) is 50.8 Å². The number of carbonyl (C=O) groups is 1. The van der Waals surface area contributed by atoms with Crippen LogP contribution in [0, 0.1) is 0 Å². The minimum atomic E-state index is -0.0724. The Balaban J connectivity index is 1.82. The molecule has 140 valence electrons. The molecule has 6 heteroatoms. The molecule has 0 bridgehead atoms. The lowest BCUT2D eigenvalue weighted by atomic mass is 10.0. The summed E-state index contributed by atoms with van der Waals surface area (Å²) in [5, 5.41) is 5.38. The van der Waals surface area contributed by atoms with Crippen LogP contribution in [0.2, 0.25) is 0 Å². The highest BCUT2D eigenvalue weighted by atomic mass is 32.1. The molecule has 2 aromatic rings. The molecule has 1 aliphatic heterocycles. The van der Waals surface area contributed by atoms with Gasteiger partial charge < -0.3 is 19.7 Å². The molecular formula is C20H26N2O3S. The molecule has 0 unspecified atom stereocenters. The molecule has 0 radical (unpaired) electrons. The monoisotopic (exact) mass is 374 g/mol. The number of amides is 1. The van der Waals surface area contributed by atoms with Gasteiger partial charge in [-0.2, -0.15) is 0 Å². The maximum atomic E-state index is 13.0. The molecule has 0 saturated carbocycles. The Bertz CT molecular complexity index is 744. The number of thiophene rings is 1. The summed E-state index contributed by atoms with van der Waals surface area (Å²) >= 11 is 1.65. The average Bonchev–Trinajstić information content (AvgIpc) is 3.17. The molecule has 0 fully saturated rings. The van der Waals surface area contributed by atoms with Crippen LogP contribution in [0.5, 0.6) is 11.5 Å². The van der Waals surface area contributed by atoms with Gasteiger partial charge in [0.15, 0.2) is 11.5 Å². The zero-order chi connectivity index (χ0) is 18.6. The van der Waals surface area contributed by atoms with Crippen molar-refractivity contribution in [2.24, 2.45) is 0 Å². The van der Waals surface area contributed by atoms with E-state index in [0.717, 1.165) is 22.7 Å². The van der Waals surface area contributed by atoms with Gasteiger partial charge in [0, 0.05) is 22.2 Å². The minimum Gasteiger partial charge on any atom is -0.486 e. The summed E-state index contributed by atoms with van der Waals surface area (Å²) in [4.78, 5) is 15.9. The summed E-state index contributed by atoms with van der Waals surface area (Å²) in [6, 6.07) is 9.74. The molecule has 5 nitrogen and oxygen atoms in total. The van der Waals surface area contributed by atoms with Crippen molar-refractivity contribution in [3.63, 3.8) is 0 Å². The number of nitrogens with one attached hydrogen (secondary N) is 1. The Kier molecular flexibility index (Phi) is 5.84.